The van der Waals surface area contributed by atoms with E-state index >= 15 is 0 Å². The van der Waals surface area contributed by atoms with E-state index in [-0.39, 0.29) is 6.79 Å². The molecule has 1 aliphatic heterocycles. The second-order valence-electron chi connectivity index (χ2n) is 4.47. The first-order valence-electron chi connectivity index (χ1n) is 5.95. The van der Waals surface area contributed by atoms with Crippen molar-refractivity contribution in [2.24, 2.45) is 7.05 Å². The predicted octanol–water partition coefficient (Wildman–Crippen LogP) is 2.72. The highest BCUT2D eigenvalue weighted by Gasteiger charge is 2.18. The van der Waals surface area contributed by atoms with Gasteiger partial charge >= 0.3 is 0 Å². The summed E-state index contributed by atoms with van der Waals surface area (Å²) in [5.41, 5.74) is 3.02. The van der Waals surface area contributed by atoms with E-state index in [4.69, 9.17) is 21.1 Å². The first kappa shape index (κ1) is 12.2. The van der Waals surface area contributed by atoms with E-state index in [1.165, 1.54) is 0 Å². The maximum Gasteiger partial charge on any atom is 0.231 e. The van der Waals surface area contributed by atoms with Crippen LogP contribution < -0.4 is 14.8 Å². The molecule has 100 valence electrons. The van der Waals surface area contributed by atoms with Crippen LogP contribution in [0.4, 0.5) is 5.69 Å². The molecule has 1 N–H and O–H groups in total. The Morgan fingerprint density at radius 1 is 1.42 bits per heavy atom. The smallest absolute Gasteiger partial charge is 0.231 e. The first-order valence-corrected chi connectivity index (χ1v) is 6.33. The molecule has 1 aliphatic rings. The van der Waals surface area contributed by atoms with Gasteiger partial charge in [0.1, 0.15) is 0 Å². The summed E-state index contributed by atoms with van der Waals surface area (Å²) < 4.78 is 12.4. The normalized spacial score (nSPS) is 12.8. The van der Waals surface area contributed by atoms with Crippen molar-refractivity contribution in [2.45, 2.75) is 13.5 Å². The van der Waals surface area contributed by atoms with Gasteiger partial charge in [0.05, 0.1) is 16.4 Å². The number of hydrogen-bond acceptors (Lipinski definition) is 4. The molecule has 0 bridgehead atoms. The van der Waals surface area contributed by atoms with Gasteiger partial charge in [0.25, 0.3) is 0 Å². The lowest BCUT2D eigenvalue weighted by atomic mass is 10.2. The van der Waals surface area contributed by atoms with Crippen molar-refractivity contribution >= 4 is 17.3 Å². The van der Waals surface area contributed by atoms with Crippen LogP contribution in [-0.2, 0) is 13.6 Å². The lowest BCUT2D eigenvalue weighted by molar-refractivity contribution is 0.174. The van der Waals surface area contributed by atoms with Gasteiger partial charge in [0.15, 0.2) is 11.5 Å². The number of hydrogen-bond donors (Lipinski definition) is 1. The number of nitrogens with one attached hydrogen (secondary N) is 1. The van der Waals surface area contributed by atoms with E-state index in [0.717, 1.165) is 16.9 Å². The Kier molecular flexibility index (Phi) is 2.98. The molecule has 6 heteroatoms. The molecule has 2 aromatic rings. The van der Waals surface area contributed by atoms with Gasteiger partial charge in [-0.05, 0) is 24.6 Å². The van der Waals surface area contributed by atoms with Gasteiger partial charge in [-0.1, -0.05) is 11.6 Å². The highest BCUT2D eigenvalue weighted by Crippen LogP contribution is 2.39. The standard InChI is InChI=1S/C13H14ClN3O2/c1-8-11(6-17(2)16-8)15-5-9-3-10(14)13-12(4-9)18-7-19-13/h3-4,6,15H,5,7H2,1-2H3. The number of aromatic nitrogens is 2. The molecular formula is C13H14ClN3O2. The maximum absolute atomic E-state index is 6.14. The number of nitrogens with zero attached hydrogens (tertiary/aromatic N) is 2. The fourth-order valence-corrected chi connectivity index (χ4v) is 2.38. The Morgan fingerprint density at radius 3 is 3.00 bits per heavy atom. The third-order valence-electron chi connectivity index (χ3n) is 2.98. The third-order valence-corrected chi connectivity index (χ3v) is 3.26. The summed E-state index contributed by atoms with van der Waals surface area (Å²) in [5.74, 6) is 1.33. The first-order chi connectivity index (χ1) is 9.13. The van der Waals surface area contributed by atoms with E-state index in [1.807, 2.05) is 32.3 Å². The SMILES string of the molecule is Cc1nn(C)cc1NCc1cc(Cl)c2c(c1)OCO2. The predicted molar refractivity (Wildman–Crippen MR) is 72.8 cm³/mol. The molecule has 0 radical (unpaired) electrons. The largest absolute Gasteiger partial charge is 0.454 e. The van der Waals surface area contributed by atoms with Crippen molar-refractivity contribution in [1.29, 1.82) is 0 Å². The number of aryl methyl sites for hydroxylation is 2. The molecule has 0 aliphatic carbocycles. The molecule has 1 aromatic heterocycles. The zero-order chi connectivity index (χ0) is 13.4. The van der Waals surface area contributed by atoms with E-state index in [9.17, 15) is 0 Å². The maximum atomic E-state index is 6.14. The van der Waals surface area contributed by atoms with Crippen molar-refractivity contribution in [1.82, 2.24) is 9.78 Å². The van der Waals surface area contributed by atoms with Crippen molar-refractivity contribution in [2.75, 3.05) is 12.1 Å². The molecule has 2 heterocycles. The summed E-state index contributed by atoms with van der Waals surface area (Å²) >= 11 is 6.14. The summed E-state index contributed by atoms with van der Waals surface area (Å²) in [6.07, 6.45) is 1.95. The van der Waals surface area contributed by atoms with Crippen molar-refractivity contribution in [3.05, 3.63) is 34.6 Å². The Hall–Kier alpha value is -1.88. The van der Waals surface area contributed by atoms with Gasteiger partial charge in [0, 0.05) is 19.8 Å². The summed E-state index contributed by atoms with van der Waals surface area (Å²) in [6, 6.07) is 3.82. The lowest BCUT2D eigenvalue weighted by Crippen LogP contribution is -1.99. The minimum Gasteiger partial charge on any atom is -0.454 e. The molecule has 19 heavy (non-hydrogen) atoms. The van der Waals surface area contributed by atoms with Crippen LogP contribution >= 0.6 is 11.6 Å². The van der Waals surface area contributed by atoms with Crippen LogP contribution in [0.5, 0.6) is 11.5 Å². The number of rotatable bonds is 3. The molecule has 0 saturated heterocycles. The van der Waals surface area contributed by atoms with Crippen LogP contribution in [0.3, 0.4) is 0 Å². The van der Waals surface area contributed by atoms with Crippen LogP contribution in [0.15, 0.2) is 18.3 Å². The fourth-order valence-electron chi connectivity index (χ4n) is 2.09. The van der Waals surface area contributed by atoms with Gasteiger partial charge in [-0.2, -0.15) is 5.10 Å². The minimum atomic E-state index is 0.230. The van der Waals surface area contributed by atoms with Gasteiger partial charge in [-0.15, -0.1) is 0 Å². The van der Waals surface area contributed by atoms with Gasteiger partial charge in [-0.3, -0.25) is 4.68 Å². The average molecular weight is 280 g/mol. The van der Waals surface area contributed by atoms with Crippen LogP contribution in [0, 0.1) is 6.92 Å². The Balaban J connectivity index is 1.77. The summed E-state index contributed by atoms with van der Waals surface area (Å²) in [5, 5.41) is 8.19. The molecule has 5 nitrogen and oxygen atoms in total. The van der Waals surface area contributed by atoms with Crippen LogP contribution in [0.25, 0.3) is 0 Å². The quantitative estimate of drug-likeness (QED) is 0.938. The number of ether oxygens (including phenoxy) is 2. The number of fused-ring (bicyclic) bond motifs is 1. The van der Waals surface area contributed by atoms with E-state index in [2.05, 4.69) is 10.4 Å². The fraction of sp³-hybridized carbons (Fsp3) is 0.308. The Labute approximate surface area is 116 Å². The van der Waals surface area contributed by atoms with E-state index < -0.39 is 0 Å². The average Bonchev–Trinajstić information content (AvgIpc) is 2.93. The summed E-state index contributed by atoms with van der Waals surface area (Å²) in [7, 11) is 1.90. The zero-order valence-corrected chi connectivity index (χ0v) is 11.5. The summed E-state index contributed by atoms with van der Waals surface area (Å²) in [4.78, 5) is 0. The van der Waals surface area contributed by atoms with Gasteiger partial charge in [-0.25, -0.2) is 0 Å². The van der Waals surface area contributed by atoms with E-state index in [0.29, 0.717) is 23.1 Å². The Morgan fingerprint density at radius 2 is 2.26 bits per heavy atom. The second-order valence-corrected chi connectivity index (χ2v) is 4.87. The molecule has 0 unspecified atom stereocenters. The highest BCUT2D eigenvalue weighted by molar-refractivity contribution is 6.32. The van der Waals surface area contributed by atoms with E-state index in [1.54, 1.807) is 4.68 Å². The van der Waals surface area contributed by atoms with Crippen LogP contribution in [-0.4, -0.2) is 16.6 Å². The van der Waals surface area contributed by atoms with Crippen LogP contribution in [0.2, 0.25) is 5.02 Å². The number of halogens is 1. The van der Waals surface area contributed by atoms with Crippen molar-refractivity contribution < 1.29 is 9.47 Å². The molecule has 1 aromatic carbocycles. The zero-order valence-electron chi connectivity index (χ0n) is 10.7. The monoisotopic (exact) mass is 279 g/mol. The molecule has 0 saturated carbocycles. The Bertz CT molecular complexity index is 625. The molecular weight excluding hydrogens is 266 g/mol. The third kappa shape index (κ3) is 2.33. The molecule has 3 rings (SSSR count). The number of anilines is 1. The van der Waals surface area contributed by atoms with Crippen LogP contribution in [0.1, 0.15) is 11.3 Å². The van der Waals surface area contributed by atoms with Gasteiger partial charge in [0.2, 0.25) is 6.79 Å². The molecule has 0 atom stereocenters. The second kappa shape index (κ2) is 4.66. The molecule has 0 fully saturated rings. The lowest BCUT2D eigenvalue weighted by Gasteiger charge is -2.07. The highest BCUT2D eigenvalue weighted by atomic mass is 35.5. The molecule has 0 amide bonds. The minimum absolute atomic E-state index is 0.230. The van der Waals surface area contributed by atoms with Crippen molar-refractivity contribution in [3.63, 3.8) is 0 Å². The van der Waals surface area contributed by atoms with Crippen molar-refractivity contribution in [3.8, 4) is 11.5 Å². The summed E-state index contributed by atoms with van der Waals surface area (Å²) in [6.45, 7) is 2.85. The molecule has 0 spiro atoms. The van der Waals surface area contributed by atoms with Gasteiger partial charge < -0.3 is 14.8 Å². The number of benzene rings is 1. The topological polar surface area (TPSA) is 48.3 Å².